The molecule has 0 saturated heterocycles. The van der Waals surface area contributed by atoms with Gasteiger partial charge in [-0.2, -0.15) is 0 Å². The molecule has 0 aromatic carbocycles. The number of hydrogen-bond acceptors (Lipinski definition) is 2. The largest absolute Gasteiger partial charge is 0.346 e. The van der Waals surface area contributed by atoms with E-state index in [-0.39, 0.29) is 17.7 Å². The first-order valence-electron chi connectivity index (χ1n) is 11.9. The fraction of sp³-hybridized carbons (Fsp3) is 0.840. The summed E-state index contributed by atoms with van der Waals surface area (Å²) < 4.78 is 0. The lowest BCUT2D eigenvalue weighted by atomic mass is 10.0. The molecular weight excluding hydrogens is 346 g/mol. The third-order valence-electron chi connectivity index (χ3n) is 5.43. The third-order valence-corrected chi connectivity index (χ3v) is 5.43. The van der Waals surface area contributed by atoms with Gasteiger partial charge in [-0.3, -0.25) is 9.59 Å². The van der Waals surface area contributed by atoms with Crippen LogP contribution in [0.5, 0.6) is 0 Å². The molecule has 0 fully saturated rings. The predicted molar refractivity (Wildman–Crippen MR) is 122 cm³/mol. The fourth-order valence-electron chi connectivity index (χ4n) is 3.55. The summed E-state index contributed by atoms with van der Waals surface area (Å²) in [6.45, 7) is 9.71. The molecule has 0 spiro atoms. The van der Waals surface area contributed by atoms with Crippen LogP contribution in [0.15, 0.2) is 12.2 Å². The summed E-state index contributed by atoms with van der Waals surface area (Å²) in [4.78, 5) is 23.8. The number of rotatable bonds is 20. The lowest BCUT2D eigenvalue weighted by Gasteiger charge is -2.16. The molecule has 1 amide bonds. The normalized spacial score (nSPS) is 12.0. The molecule has 0 aromatic heterocycles. The van der Waals surface area contributed by atoms with Crippen molar-refractivity contribution in [3.8, 4) is 0 Å². The Kier molecular flexibility index (Phi) is 18.4. The monoisotopic (exact) mass is 393 g/mol. The summed E-state index contributed by atoms with van der Waals surface area (Å²) in [7, 11) is 0. The second-order valence-electron chi connectivity index (χ2n) is 8.57. The number of Topliss-reactive ketones (excluding diaryl/α,β-unsaturated/α-hetero) is 1. The molecule has 0 rings (SSSR count). The summed E-state index contributed by atoms with van der Waals surface area (Å²) in [5.41, 5.74) is 1.13. The molecule has 1 N–H and O–H groups in total. The molecule has 3 heteroatoms. The van der Waals surface area contributed by atoms with Crippen LogP contribution in [0.1, 0.15) is 130 Å². The first-order valence-corrected chi connectivity index (χ1v) is 11.9. The smallest absolute Gasteiger partial charge is 0.220 e. The van der Waals surface area contributed by atoms with E-state index in [0.29, 0.717) is 12.8 Å². The number of amides is 1. The van der Waals surface area contributed by atoms with Crippen molar-refractivity contribution in [2.45, 2.75) is 136 Å². The van der Waals surface area contributed by atoms with Crippen LogP contribution in [0.3, 0.4) is 0 Å². The highest BCUT2D eigenvalue weighted by molar-refractivity contribution is 5.87. The van der Waals surface area contributed by atoms with E-state index >= 15 is 0 Å². The summed E-state index contributed by atoms with van der Waals surface area (Å²) in [6, 6.07) is -0.325. The maximum atomic E-state index is 12.1. The Morgan fingerprint density at radius 2 is 1.18 bits per heavy atom. The van der Waals surface area contributed by atoms with Crippen molar-refractivity contribution < 1.29 is 9.59 Å². The number of carbonyl (C=O) groups is 2. The van der Waals surface area contributed by atoms with Crippen molar-refractivity contribution in [3.63, 3.8) is 0 Å². The second-order valence-corrected chi connectivity index (χ2v) is 8.57. The van der Waals surface area contributed by atoms with E-state index in [2.05, 4.69) is 18.8 Å². The highest BCUT2D eigenvalue weighted by atomic mass is 16.2. The van der Waals surface area contributed by atoms with E-state index in [9.17, 15) is 9.59 Å². The minimum absolute atomic E-state index is 0.0265. The topological polar surface area (TPSA) is 46.2 Å². The zero-order valence-electron chi connectivity index (χ0n) is 19.1. The van der Waals surface area contributed by atoms with Crippen molar-refractivity contribution in [2.24, 2.45) is 0 Å². The van der Waals surface area contributed by atoms with E-state index in [4.69, 9.17) is 0 Å². The Labute approximate surface area is 175 Å². The van der Waals surface area contributed by atoms with Crippen LogP contribution < -0.4 is 5.32 Å². The average Bonchev–Trinajstić information content (AvgIpc) is 2.64. The number of carbonyl (C=O) groups excluding carboxylic acids is 2. The summed E-state index contributed by atoms with van der Waals surface area (Å²) in [5.74, 6) is 0.0824. The van der Waals surface area contributed by atoms with Gasteiger partial charge in [-0.05, 0) is 39.5 Å². The van der Waals surface area contributed by atoms with Crippen LogP contribution in [-0.4, -0.2) is 17.7 Å². The summed E-state index contributed by atoms with van der Waals surface area (Å²) in [5, 5.41) is 2.92. The van der Waals surface area contributed by atoms with Crippen molar-refractivity contribution in [1.29, 1.82) is 0 Å². The van der Waals surface area contributed by atoms with Crippen molar-refractivity contribution >= 4 is 11.7 Å². The number of ketones is 1. The Morgan fingerprint density at radius 1 is 0.714 bits per heavy atom. The minimum Gasteiger partial charge on any atom is -0.346 e. The maximum absolute atomic E-state index is 12.1. The fourth-order valence-corrected chi connectivity index (χ4v) is 3.55. The van der Waals surface area contributed by atoms with Gasteiger partial charge in [-0.15, -0.1) is 6.58 Å². The second kappa shape index (κ2) is 19.2. The van der Waals surface area contributed by atoms with Gasteiger partial charge in [0, 0.05) is 6.42 Å². The SMILES string of the molecule is C=C(C)CCCC(NC(=O)CCCCCCCCCCCCCCC)C(C)=O. The van der Waals surface area contributed by atoms with Gasteiger partial charge in [0.25, 0.3) is 0 Å². The number of allylic oxidation sites excluding steroid dienone is 1. The van der Waals surface area contributed by atoms with E-state index in [0.717, 1.165) is 31.3 Å². The van der Waals surface area contributed by atoms with Gasteiger partial charge in [-0.1, -0.05) is 89.5 Å². The van der Waals surface area contributed by atoms with Gasteiger partial charge < -0.3 is 5.32 Å². The van der Waals surface area contributed by atoms with Gasteiger partial charge in [0.15, 0.2) is 5.78 Å². The molecule has 0 aliphatic heterocycles. The van der Waals surface area contributed by atoms with Gasteiger partial charge in [0.05, 0.1) is 6.04 Å². The molecule has 0 saturated carbocycles. The van der Waals surface area contributed by atoms with Crippen LogP contribution in [0.25, 0.3) is 0 Å². The number of unbranched alkanes of at least 4 members (excludes halogenated alkanes) is 12. The first kappa shape index (κ1) is 26.9. The Balaban J connectivity index is 3.54. The number of hydrogen-bond donors (Lipinski definition) is 1. The summed E-state index contributed by atoms with van der Waals surface area (Å²) >= 11 is 0. The van der Waals surface area contributed by atoms with Crippen molar-refractivity contribution in [2.75, 3.05) is 0 Å². The van der Waals surface area contributed by atoms with Gasteiger partial charge in [0.1, 0.15) is 0 Å². The molecule has 0 aromatic rings. The molecule has 164 valence electrons. The Hall–Kier alpha value is -1.12. The molecule has 0 bridgehead atoms. The average molecular weight is 394 g/mol. The van der Waals surface area contributed by atoms with Crippen molar-refractivity contribution in [3.05, 3.63) is 12.2 Å². The van der Waals surface area contributed by atoms with Crippen LogP contribution in [0.4, 0.5) is 0 Å². The van der Waals surface area contributed by atoms with Gasteiger partial charge in [0.2, 0.25) is 5.91 Å². The molecule has 0 aliphatic carbocycles. The molecule has 28 heavy (non-hydrogen) atoms. The lowest BCUT2D eigenvalue weighted by molar-refractivity contribution is -0.127. The van der Waals surface area contributed by atoms with Gasteiger partial charge in [-0.25, -0.2) is 0 Å². The van der Waals surface area contributed by atoms with E-state index in [1.165, 1.54) is 70.6 Å². The molecule has 0 aliphatic rings. The molecule has 1 unspecified atom stereocenters. The molecule has 1 atom stereocenters. The molecule has 3 nitrogen and oxygen atoms in total. The zero-order chi connectivity index (χ0) is 21.0. The standard InChI is InChI=1S/C25H47NO2/c1-5-6-7-8-9-10-11-12-13-14-15-16-17-21-25(28)26-24(23(4)27)20-18-19-22(2)3/h24H,2,5-21H2,1,3-4H3,(H,26,28). The number of nitrogens with one attached hydrogen (secondary N) is 1. The van der Waals surface area contributed by atoms with Crippen LogP contribution in [0.2, 0.25) is 0 Å². The predicted octanol–water partition coefficient (Wildman–Crippen LogP) is 7.29. The Bertz CT molecular complexity index is 417. The van der Waals surface area contributed by atoms with Crippen LogP contribution in [-0.2, 0) is 9.59 Å². The molecule has 0 heterocycles. The van der Waals surface area contributed by atoms with Gasteiger partial charge >= 0.3 is 0 Å². The van der Waals surface area contributed by atoms with Crippen molar-refractivity contribution in [1.82, 2.24) is 5.32 Å². The highest BCUT2D eigenvalue weighted by Gasteiger charge is 2.16. The van der Waals surface area contributed by atoms with E-state index < -0.39 is 0 Å². The van der Waals surface area contributed by atoms with E-state index in [1.807, 2.05) is 6.92 Å². The third kappa shape index (κ3) is 18.3. The maximum Gasteiger partial charge on any atom is 0.220 e. The van der Waals surface area contributed by atoms with Crippen LogP contribution >= 0.6 is 0 Å². The van der Waals surface area contributed by atoms with E-state index in [1.54, 1.807) is 6.92 Å². The molecule has 0 radical (unpaired) electrons. The lowest BCUT2D eigenvalue weighted by Crippen LogP contribution is -2.39. The summed E-state index contributed by atoms with van der Waals surface area (Å²) in [6.07, 6.45) is 20.0. The Morgan fingerprint density at radius 3 is 1.61 bits per heavy atom. The zero-order valence-corrected chi connectivity index (χ0v) is 19.1. The first-order chi connectivity index (χ1) is 13.5. The minimum atomic E-state index is -0.325. The molecular formula is C25H47NO2. The van der Waals surface area contributed by atoms with Crippen LogP contribution in [0, 0.1) is 0 Å². The quantitative estimate of drug-likeness (QED) is 0.174. The highest BCUT2D eigenvalue weighted by Crippen LogP contribution is 2.13.